The van der Waals surface area contributed by atoms with Gasteiger partial charge in [-0.25, -0.2) is 4.98 Å². The maximum atomic E-state index is 12.6. The van der Waals surface area contributed by atoms with Crippen molar-refractivity contribution in [3.8, 4) is 0 Å². The van der Waals surface area contributed by atoms with Gasteiger partial charge >= 0.3 is 0 Å². The number of benzene rings is 2. The molecule has 0 bridgehead atoms. The van der Waals surface area contributed by atoms with Crippen molar-refractivity contribution in [2.45, 2.75) is 31.6 Å². The van der Waals surface area contributed by atoms with Gasteiger partial charge in [-0.2, -0.15) is 0 Å². The van der Waals surface area contributed by atoms with Gasteiger partial charge in [-0.3, -0.25) is 4.79 Å². The maximum absolute atomic E-state index is 12.6. The largest absolute Gasteiger partial charge is 0.345 e. The molecule has 29 heavy (non-hydrogen) atoms. The zero-order chi connectivity index (χ0) is 20.2. The smallest absolute Gasteiger partial charge is 0.223 e. The summed E-state index contributed by atoms with van der Waals surface area (Å²) in [6.45, 7) is 7.55. The molecular formula is C23H27N3OS2. The van der Waals surface area contributed by atoms with Crippen molar-refractivity contribution in [1.29, 1.82) is 0 Å². The number of nitrogens with zero attached hydrogens (tertiary/aromatic N) is 3. The predicted molar refractivity (Wildman–Crippen MR) is 124 cm³/mol. The molecule has 0 radical (unpaired) electrons. The van der Waals surface area contributed by atoms with Crippen LogP contribution in [0.15, 0.2) is 47.4 Å². The number of thioether (sulfide) groups is 1. The predicted octanol–water partition coefficient (Wildman–Crippen LogP) is 5.00. The Bertz CT molecular complexity index is 975. The Labute approximate surface area is 180 Å². The van der Waals surface area contributed by atoms with E-state index in [1.807, 2.05) is 4.90 Å². The molecule has 0 spiro atoms. The van der Waals surface area contributed by atoms with Crippen LogP contribution < -0.4 is 4.90 Å². The number of fused-ring (bicyclic) bond motifs is 1. The van der Waals surface area contributed by atoms with E-state index in [1.165, 1.54) is 20.7 Å². The Morgan fingerprint density at radius 1 is 1.10 bits per heavy atom. The van der Waals surface area contributed by atoms with Crippen molar-refractivity contribution in [1.82, 2.24) is 9.88 Å². The van der Waals surface area contributed by atoms with Crippen LogP contribution in [0.25, 0.3) is 10.2 Å². The van der Waals surface area contributed by atoms with E-state index in [1.54, 1.807) is 23.1 Å². The number of hydrogen-bond donors (Lipinski definition) is 0. The zero-order valence-electron chi connectivity index (χ0n) is 17.1. The fraction of sp³-hybridized carbons (Fsp3) is 0.391. The van der Waals surface area contributed by atoms with Crippen LogP contribution in [-0.2, 0) is 11.2 Å². The van der Waals surface area contributed by atoms with E-state index in [0.717, 1.165) is 49.0 Å². The average molecular weight is 426 g/mol. The lowest BCUT2D eigenvalue weighted by atomic mass is 10.1. The second kappa shape index (κ2) is 9.18. The number of rotatable bonds is 6. The summed E-state index contributed by atoms with van der Waals surface area (Å²) in [4.78, 5) is 23.1. The third kappa shape index (κ3) is 4.75. The number of carbonyl (C=O) groups excluding carboxylic acids is 1. The molecule has 0 N–H and O–H groups in total. The van der Waals surface area contributed by atoms with Crippen molar-refractivity contribution < 1.29 is 4.79 Å². The van der Waals surface area contributed by atoms with Gasteiger partial charge in [0.2, 0.25) is 5.91 Å². The quantitative estimate of drug-likeness (QED) is 0.521. The minimum absolute atomic E-state index is 0.266. The van der Waals surface area contributed by atoms with E-state index in [0.29, 0.717) is 6.42 Å². The van der Waals surface area contributed by atoms with Crippen LogP contribution in [-0.4, -0.2) is 47.7 Å². The topological polar surface area (TPSA) is 36.4 Å². The Morgan fingerprint density at radius 2 is 1.86 bits per heavy atom. The molecule has 4 nitrogen and oxygen atoms in total. The van der Waals surface area contributed by atoms with Gasteiger partial charge in [0, 0.05) is 43.2 Å². The highest BCUT2D eigenvalue weighted by atomic mass is 32.2. The van der Waals surface area contributed by atoms with Crippen LogP contribution in [0, 0.1) is 6.92 Å². The minimum Gasteiger partial charge on any atom is -0.345 e. The molecule has 0 unspecified atom stereocenters. The number of thiazole rings is 1. The molecule has 6 heteroatoms. The van der Waals surface area contributed by atoms with Gasteiger partial charge in [0.1, 0.15) is 0 Å². The fourth-order valence-corrected chi connectivity index (χ4v) is 5.52. The standard InChI is InChI=1S/C23H27N3OS2/c1-3-18-5-4-6-20-22(18)24-23(29-20)26-14-12-25(13-15-26)21(27)11-16-28-19-9-7-17(2)8-10-19/h4-10H,3,11-16H2,1-2H3. The maximum Gasteiger partial charge on any atom is 0.223 e. The average Bonchev–Trinajstić information content (AvgIpc) is 3.19. The third-order valence-corrected chi connectivity index (χ3v) is 7.48. The van der Waals surface area contributed by atoms with Gasteiger partial charge in [0.05, 0.1) is 10.2 Å². The van der Waals surface area contributed by atoms with Crippen molar-refractivity contribution >= 4 is 44.4 Å². The Balaban J connectivity index is 1.28. The van der Waals surface area contributed by atoms with E-state index < -0.39 is 0 Å². The minimum atomic E-state index is 0.266. The Hall–Kier alpha value is -2.05. The van der Waals surface area contributed by atoms with E-state index in [9.17, 15) is 4.79 Å². The monoisotopic (exact) mass is 425 g/mol. The van der Waals surface area contributed by atoms with E-state index in [2.05, 4.69) is 61.2 Å². The number of hydrogen-bond acceptors (Lipinski definition) is 5. The lowest BCUT2D eigenvalue weighted by Crippen LogP contribution is -2.48. The summed E-state index contributed by atoms with van der Waals surface area (Å²) >= 11 is 3.52. The Kier molecular flexibility index (Phi) is 6.40. The molecule has 1 amide bonds. The second-order valence-electron chi connectivity index (χ2n) is 7.39. The first-order chi connectivity index (χ1) is 14.1. The van der Waals surface area contributed by atoms with Crippen molar-refractivity contribution in [2.75, 3.05) is 36.8 Å². The molecular weight excluding hydrogens is 398 g/mol. The van der Waals surface area contributed by atoms with Crippen molar-refractivity contribution in [3.05, 3.63) is 53.6 Å². The van der Waals surface area contributed by atoms with Crippen LogP contribution in [0.3, 0.4) is 0 Å². The molecule has 2 heterocycles. The number of aromatic nitrogens is 1. The van der Waals surface area contributed by atoms with Crippen LogP contribution in [0.2, 0.25) is 0 Å². The first-order valence-electron chi connectivity index (χ1n) is 10.2. The molecule has 1 aliphatic heterocycles. The molecule has 1 aromatic heterocycles. The van der Waals surface area contributed by atoms with Crippen LogP contribution in [0.5, 0.6) is 0 Å². The molecule has 1 saturated heterocycles. The summed E-state index contributed by atoms with van der Waals surface area (Å²) in [5.74, 6) is 1.10. The summed E-state index contributed by atoms with van der Waals surface area (Å²) in [6, 6.07) is 14.9. The molecule has 0 atom stereocenters. The molecule has 1 aliphatic rings. The highest BCUT2D eigenvalue weighted by Crippen LogP contribution is 2.31. The molecule has 2 aromatic carbocycles. The summed E-state index contributed by atoms with van der Waals surface area (Å²) in [7, 11) is 0. The lowest BCUT2D eigenvalue weighted by Gasteiger charge is -2.34. The van der Waals surface area contributed by atoms with Gasteiger partial charge in [0.15, 0.2) is 5.13 Å². The van der Waals surface area contributed by atoms with Crippen LogP contribution >= 0.6 is 23.1 Å². The van der Waals surface area contributed by atoms with Crippen molar-refractivity contribution in [3.63, 3.8) is 0 Å². The molecule has 152 valence electrons. The summed E-state index contributed by atoms with van der Waals surface area (Å²) in [5.41, 5.74) is 3.72. The van der Waals surface area contributed by atoms with Gasteiger partial charge in [-0.15, -0.1) is 11.8 Å². The molecule has 3 aromatic rings. The van der Waals surface area contributed by atoms with Gasteiger partial charge in [0.25, 0.3) is 0 Å². The normalized spacial score (nSPS) is 14.6. The van der Waals surface area contributed by atoms with E-state index in [-0.39, 0.29) is 5.91 Å². The summed E-state index contributed by atoms with van der Waals surface area (Å²) in [5, 5.41) is 1.09. The number of anilines is 1. The highest BCUT2D eigenvalue weighted by Gasteiger charge is 2.23. The number of para-hydroxylation sites is 1. The number of carbonyl (C=O) groups is 1. The van der Waals surface area contributed by atoms with Gasteiger partial charge < -0.3 is 9.80 Å². The molecule has 0 saturated carbocycles. The fourth-order valence-electron chi connectivity index (χ4n) is 3.61. The highest BCUT2D eigenvalue weighted by molar-refractivity contribution is 7.99. The Morgan fingerprint density at radius 3 is 2.59 bits per heavy atom. The molecule has 0 aliphatic carbocycles. The van der Waals surface area contributed by atoms with E-state index in [4.69, 9.17) is 4.98 Å². The lowest BCUT2D eigenvalue weighted by molar-refractivity contribution is -0.131. The van der Waals surface area contributed by atoms with Crippen LogP contribution in [0.4, 0.5) is 5.13 Å². The SMILES string of the molecule is CCc1cccc2sc(N3CCN(C(=O)CCSc4ccc(C)cc4)CC3)nc12. The summed E-state index contributed by atoms with van der Waals surface area (Å²) in [6.07, 6.45) is 1.60. The van der Waals surface area contributed by atoms with E-state index >= 15 is 0 Å². The molecule has 4 rings (SSSR count). The second-order valence-corrected chi connectivity index (χ2v) is 9.57. The van der Waals surface area contributed by atoms with Crippen molar-refractivity contribution in [2.24, 2.45) is 0 Å². The zero-order valence-corrected chi connectivity index (χ0v) is 18.7. The summed E-state index contributed by atoms with van der Waals surface area (Å²) < 4.78 is 1.26. The number of amides is 1. The first-order valence-corrected chi connectivity index (χ1v) is 12.0. The van der Waals surface area contributed by atoms with Gasteiger partial charge in [-0.05, 0) is 37.1 Å². The van der Waals surface area contributed by atoms with Gasteiger partial charge in [-0.1, -0.05) is 48.1 Å². The number of piperazine rings is 1. The third-order valence-electron chi connectivity index (χ3n) is 5.38. The van der Waals surface area contributed by atoms with Crippen LogP contribution in [0.1, 0.15) is 24.5 Å². The number of aryl methyl sites for hydroxylation is 2. The molecule has 1 fully saturated rings. The first kappa shape index (κ1) is 20.2.